The fourth-order valence-electron chi connectivity index (χ4n) is 3.85. The number of nitrogen functional groups attached to an aromatic ring is 1. The highest BCUT2D eigenvalue weighted by atomic mass is 19.1. The Morgan fingerprint density at radius 1 is 1.17 bits per heavy atom. The number of anilines is 1. The van der Waals surface area contributed by atoms with Crippen LogP contribution in [0.25, 0.3) is 22.6 Å². The van der Waals surface area contributed by atoms with Gasteiger partial charge in [0.1, 0.15) is 17.9 Å². The van der Waals surface area contributed by atoms with E-state index in [9.17, 15) is 4.39 Å². The molecule has 0 radical (unpaired) electrons. The average molecular weight is 405 g/mol. The minimum Gasteiger partial charge on any atom is -0.368 e. The minimum absolute atomic E-state index is 0.188. The fourth-order valence-corrected chi connectivity index (χ4v) is 3.85. The molecule has 1 fully saturated rings. The number of nitrogens with two attached hydrogens (primary N) is 1. The van der Waals surface area contributed by atoms with Crippen LogP contribution >= 0.6 is 0 Å². The molecule has 8 nitrogen and oxygen atoms in total. The zero-order chi connectivity index (χ0) is 20.5. The number of nitrogens with zero attached hydrogens (tertiary/aromatic N) is 5. The molecule has 0 aliphatic carbocycles. The molecule has 1 unspecified atom stereocenters. The Kier molecular flexibility index (Phi) is 4.72. The largest absolute Gasteiger partial charge is 0.368 e. The number of imidazole rings is 1. The summed E-state index contributed by atoms with van der Waals surface area (Å²) in [5, 5.41) is 3.99. The first kappa shape index (κ1) is 18.4. The van der Waals surface area contributed by atoms with Gasteiger partial charge in [0.2, 0.25) is 5.95 Å². The summed E-state index contributed by atoms with van der Waals surface area (Å²) in [5.41, 5.74) is 9.64. The number of hydrogen-bond acceptors (Lipinski definition) is 7. The molecule has 30 heavy (non-hydrogen) atoms. The number of H-pyrrole nitrogens is 1. The van der Waals surface area contributed by atoms with Crippen LogP contribution in [0, 0.1) is 5.82 Å². The highest BCUT2D eigenvalue weighted by Crippen LogP contribution is 2.34. The van der Waals surface area contributed by atoms with Crippen LogP contribution in [0.1, 0.15) is 23.9 Å². The SMILES string of the molecule is Nc1nccc(-c2[nH]c(C3CCN(Cc4ccon4)C3)nc2-c2ccc(F)cc2)n1. The van der Waals surface area contributed by atoms with Crippen molar-refractivity contribution < 1.29 is 8.91 Å². The van der Waals surface area contributed by atoms with Crippen LogP contribution in [0.3, 0.4) is 0 Å². The predicted octanol–water partition coefficient (Wildman–Crippen LogP) is 3.23. The first-order valence-electron chi connectivity index (χ1n) is 9.72. The van der Waals surface area contributed by atoms with E-state index in [1.54, 1.807) is 30.7 Å². The molecule has 0 saturated carbocycles. The lowest BCUT2D eigenvalue weighted by atomic mass is 10.1. The van der Waals surface area contributed by atoms with E-state index in [1.807, 2.05) is 6.07 Å². The molecule has 1 aliphatic heterocycles. The van der Waals surface area contributed by atoms with E-state index >= 15 is 0 Å². The average Bonchev–Trinajstić information content (AvgIpc) is 3.50. The molecule has 5 rings (SSSR count). The molecular weight excluding hydrogens is 385 g/mol. The summed E-state index contributed by atoms with van der Waals surface area (Å²) in [6, 6.07) is 9.95. The molecule has 1 atom stereocenters. The van der Waals surface area contributed by atoms with Crippen LogP contribution in [-0.4, -0.2) is 43.1 Å². The van der Waals surface area contributed by atoms with Crippen LogP contribution in [0.4, 0.5) is 10.3 Å². The lowest BCUT2D eigenvalue weighted by Gasteiger charge is -2.13. The second-order valence-electron chi connectivity index (χ2n) is 7.36. The normalized spacial score (nSPS) is 16.9. The zero-order valence-electron chi connectivity index (χ0n) is 16.1. The summed E-state index contributed by atoms with van der Waals surface area (Å²) in [6.45, 7) is 2.54. The molecule has 3 N–H and O–H groups in total. The van der Waals surface area contributed by atoms with E-state index in [4.69, 9.17) is 15.2 Å². The van der Waals surface area contributed by atoms with E-state index in [0.29, 0.717) is 5.69 Å². The van der Waals surface area contributed by atoms with Crippen molar-refractivity contribution in [3.63, 3.8) is 0 Å². The van der Waals surface area contributed by atoms with E-state index in [1.165, 1.54) is 12.1 Å². The number of halogens is 1. The topological polar surface area (TPSA) is 110 Å². The molecule has 3 aromatic heterocycles. The fraction of sp³-hybridized carbons (Fsp3) is 0.238. The van der Waals surface area contributed by atoms with Crippen molar-refractivity contribution in [3.05, 3.63) is 66.2 Å². The van der Waals surface area contributed by atoms with Crippen molar-refractivity contribution in [1.82, 2.24) is 30.0 Å². The first-order chi connectivity index (χ1) is 14.7. The molecular formula is C21H20FN7O. The first-order valence-corrected chi connectivity index (χ1v) is 9.72. The Hall–Kier alpha value is -3.59. The Balaban J connectivity index is 1.47. The van der Waals surface area contributed by atoms with Gasteiger partial charge >= 0.3 is 0 Å². The summed E-state index contributed by atoms with van der Waals surface area (Å²) < 4.78 is 18.4. The van der Waals surface area contributed by atoms with E-state index in [2.05, 4.69) is 25.0 Å². The minimum atomic E-state index is -0.290. The highest BCUT2D eigenvalue weighted by molar-refractivity contribution is 5.77. The lowest BCUT2D eigenvalue weighted by molar-refractivity contribution is 0.309. The summed E-state index contributed by atoms with van der Waals surface area (Å²) in [6.07, 6.45) is 4.17. The van der Waals surface area contributed by atoms with Gasteiger partial charge in [-0.2, -0.15) is 0 Å². The van der Waals surface area contributed by atoms with Crippen molar-refractivity contribution in [3.8, 4) is 22.6 Å². The third kappa shape index (κ3) is 3.67. The molecule has 152 valence electrons. The summed E-state index contributed by atoms with van der Waals surface area (Å²) in [7, 11) is 0. The lowest BCUT2D eigenvalue weighted by Crippen LogP contribution is -2.20. The quantitative estimate of drug-likeness (QED) is 0.524. The molecule has 1 aliphatic rings. The third-order valence-electron chi connectivity index (χ3n) is 5.31. The van der Waals surface area contributed by atoms with Crippen LogP contribution in [-0.2, 0) is 6.54 Å². The van der Waals surface area contributed by atoms with Crippen molar-refractivity contribution in [2.75, 3.05) is 18.8 Å². The standard InChI is InChI=1S/C21H20FN7O/c22-15-3-1-13(2-4-15)18-19(17-5-8-24-21(23)25-17)27-20(26-18)14-6-9-29(11-14)12-16-7-10-30-28-16/h1-5,7-8,10,14H,6,9,11-12H2,(H,26,27)(H2,23,24,25). The maximum atomic E-state index is 13.4. The number of hydrogen-bond donors (Lipinski definition) is 2. The number of aromatic nitrogens is 5. The van der Waals surface area contributed by atoms with Crippen molar-refractivity contribution in [1.29, 1.82) is 0 Å². The van der Waals surface area contributed by atoms with Gasteiger partial charge in [0, 0.05) is 36.8 Å². The van der Waals surface area contributed by atoms with Gasteiger partial charge in [0.25, 0.3) is 0 Å². The predicted molar refractivity (Wildman–Crippen MR) is 109 cm³/mol. The zero-order valence-corrected chi connectivity index (χ0v) is 16.1. The van der Waals surface area contributed by atoms with Crippen molar-refractivity contribution >= 4 is 5.95 Å². The van der Waals surface area contributed by atoms with Crippen molar-refractivity contribution in [2.45, 2.75) is 18.9 Å². The van der Waals surface area contributed by atoms with E-state index in [0.717, 1.165) is 54.5 Å². The molecule has 9 heteroatoms. The molecule has 0 amide bonds. The number of aromatic amines is 1. The van der Waals surface area contributed by atoms with Crippen LogP contribution < -0.4 is 5.73 Å². The van der Waals surface area contributed by atoms with Gasteiger partial charge in [-0.05, 0) is 43.3 Å². The van der Waals surface area contributed by atoms with Gasteiger partial charge in [-0.25, -0.2) is 19.3 Å². The summed E-state index contributed by atoms with van der Waals surface area (Å²) in [4.78, 5) is 19.0. The second-order valence-corrected chi connectivity index (χ2v) is 7.36. The number of nitrogens with one attached hydrogen (secondary N) is 1. The van der Waals surface area contributed by atoms with Crippen LogP contribution in [0.15, 0.2) is 53.4 Å². The molecule has 4 heterocycles. The Labute approximate surface area is 172 Å². The van der Waals surface area contributed by atoms with Crippen LogP contribution in [0.2, 0.25) is 0 Å². The summed E-state index contributed by atoms with van der Waals surface area (Å²) in [5.74, 6) is 1.02. The van der Waals surface area contributed by atoms with Crippen LogP contribution in [0.5, 0.6) is 0 Å². The van der Waals surface area contributed by atoms with Gasteiger partial charge in [-0.15, -0.1) is 0 Å². The number of likely N-dealkylation sites (tertiary alicyclic amines) is 1. The smallest absolute Gasteiger partial charge is 0.220 e. The summed E-state index contributed by atoms with van der Waals surface area (Å²) >= 11 is 0. The Bertz CT molecular complexity index is 1140. The molecule has 1 saturated heterocycles. The van der Waals surface area contributed by atoms with Crippen molar-refractivity contribution in [2.24, 2.45) is 0 Å². The van der Waals surface area contributed by atoms with Gasteiger partial charge in [0.05, 0.1) is 22.8 Å². The highest BCUT2D eigenvalue weighted by Gasteiger charge is 2.28. The molecule has 1 aromatic carbocycles. The molecule has 4 aromatic rings. The maximum absolute atomic E-state index is 13.4. The molecule has 0 bridgehead atoms. The van der Waals surface area contributed by atoms with Gasteiger partial charge < -0.3 is 15.2 Å². The monoisotopic (exact) mass is 405 g/mol. The van der Waals surface area contributed by atoms with E-state index in [-0.39, 0.29) is 17.7 Å². The Morgan fingerprint density at radius 2 is 2.03 bits per heavy atom. The number of rotatable bonds is 5. The third-order valence-corrected chi connectivity index (χ3v) is 5.31. The maximum Gasteiger partial charge on any atom is 0.220 e. The number of benzene rings is 1. The molecule has 0 spiro atoms. The van der Waals surface area contributed by atoms with Gasteiger partial charge in [-0.1, -0.05) is 5.16 Å². The second kappa shape index (κ2) is 7.68. The van der Waals surface area contributed by atoms with E-state index < -0.39 is 0 Å². The van der Waals surface area contributed by atoms with Gasteiger partial charge in [0.15, 0.2) is 0 Å². The van der Waals surface area contributed by atoms with Gasteiger partial charge in [-0.3, -0.25) is 4.90 Å². The Morgan fingerprint density at radius 3 is 2.80 bits per heavy atom.